The molecule has 3 aromatic rings. The Bertz CT molecular complexity index is 1140. The van der Waals surface area contributed by atoms with Gasteiger partial charge in [-0.2, -0.15) is 0 Å². The molecular formula is C22H20F3NO4S2. The number of ether oxygens (including phenoxy) is 1. The van der Waals surface area contributed by atoms with E-state index in [1.165, 1.54) is 34.8 Å². The third kappa shape index (κ3) is 4.33. The molecule has 32 heavy (non-hydrogen) atoms. The lowest BCUT2D eigenvalue weighted by atomic mass is 9.79. The molecule has 170 valence electrons. The van der Waals surface area contributed by atoms with Crippen molar-refractivity contribution < 1.29 is 32.6 Å². The Morgan fingerprint density at radius 3 is 2.25 bits per heavy atom. The summed E-state index contributed by atoms with van der Waals surface area (Å²) < 4.78 is 42.8. The highest BCUT2D eigenvalue weighted by atomic mass is 32.1. The minimum Gasteiger partial charge on any atom is -0.465 e. The number of likely N-dealkylation sites (tertiary alicyclic amines) is 1. The zero-order valence-corrected chi connectivity index (χ0v) is 19.0. The number of halogens is 3. The van der Waals surface area contributed by atoms with Crippen molar-refractivity contribution in [3.63, 3.8) is 0 Å². The van der Waals surface area contributed by atoms with Crippen molar-refractivity contribution in [1.29, 1.82) is 0 Å². The van der Waals surface area contributed by atoms with Gasteiger partial charge in [-0.25, -0.2) is 9.69 Å². The lowest BCUT2D eigenvalue weighted by molar-refractivity contribution is -0.274. The molecule has 1 saturated heterocycles. The fraction of sp³-hybridized carbons (Fsp3) is 0.364. The maximum absolute atomic E-state index is 12.8. The van der Waals surface area contributed by atoms with E-state index in [2.05, 4.69) is 4.74 Å². The summed E-state index contributed by atoms with van der Waals surface area (Å²) in [6.07, 6.45) is -5.54. The van der Waals surface area contributed by atoms with Gasteiger partial charge in [0.2, 0.25) is 5.91 Å². The Morgan fingerprint density at radius 1 is 1.09 bits per heavy atom. The van der Waals surface area contributed by atoms with E-state index in [4.69, 9.17) is 0 Å². The molecule has 3 heterocycles. The summed E-state index contributed by atoms with van der Waals surface area (Å²) in [7, 11) is 0. The standard InChI is InChI=1S/C22H20F3NO4S2/c1-21(2,3)13-8-14(26(19(13)27)20(28)29)16-10-18-17(32-16)9-15(31-18)11-4-6-12(7-5-11)30-22(23,24)25/h4-7,9-10,13-14H,8H2,1-3H3,(H,28,29). The zero-order valence-electron chi connectivity index (χ0n) is 17.4. The topological polar surface area (TPSA) is 66.8 Å². The molecule has 0 saturated carbocycles. The van der Waals surface area contributed by atoms with Crippen molar-refractivity contribution in [3.05, 3.63) is 41.3 Å². The van der Waals surface area contributed by atoms with Gasteiger partial charge in [0.05, 0.1) is 6.04 Å². The number of thiophene rings is 2. The third-order valence-electron chi connectivity index (χ3n) is 5.48. The first-order valence-electron chi connectivity index (χ1n) is 9.79. The van der Waals surface area contributed by atoms with Gasteiger partial charge in [0.1, 0.15) is 5.75 Å². The van der Waals surface area contributed by atoms with Gasteiger partial charge in [-0.1, -0.05) is 20.8 Å². The monoisotopic (exact) mass is 483 g/mol. The largest absolute Gasteiger partial charge is 0.573 e. The van der Waals surface area contributed by atoms with E-state index >= 15 is 0 Å². The Balaban J connectivity index is 1.60. The number of benzene rings is 1. The number of alkyl halides is 3. The molecule has 2 amide bonds. The predicted molar refractivity (Wildman–Crippen MR) is 117 cm³/mol. The maximum atomic E-state index is 12.8. The van der Waals surface area contributed by atoms with Crippen molar-refractivity contribution in [2.45, 2.75) is 39.6 Å². The number of imide groups is 1. The minimum absolute atomic E-state index is 0.282. The average molecular weight is 484 g/mol. The van der Waals surface area contributed by atoms with Crippen LogP contribution in [0.5, 0.6) is 5.75 Å². The zero-order chi connectivity index (χ0) is 23.4. The normalized spacial score (nSPS) is 19.7. The van der Waals surface area contributed by atoms with E-state index in [0.717, 1.165) is 29.6 Å². The Labute approximate surface area is 190 Å². The van der Waals surface area contributed by atoms with Crippen LogP contribution >= 0.6 is 22.7 Å². The van der Waals surface area contributed by atoms with E-state index in [1.807, 2.05) is 32.9 Å². The number of carbonyl (C=O) groups excluding carboxylic acids is 1. The first kappa shape index (κ1) is 22.6. The third-order valence-corrected chi connectivity index (χ3v) is 7.93. The summed E-state index contributed by atoms with van der Waals surface area (Å²) in [5.41, 5.74) is 0.411. The highest BCUT2D eigenvalue weighted by Gasteiger charge is 2.48. The minimum atomic E-state index is -4.74. The lowest BCUT2D eigenvalue weighted by Crippen LogP contribution is -2.36. The number of carbonyl (C=O) groups is 2. The van der Waals surface area contributed by atoms with Crippen LogP contribution in [0.4, 0.5) is 18.0 Å². The number of nitrogens with zero attached hydrogens (tertiary/aromatic N) is 1. The van der Waals surface area contributed by atoms with Gasteiger partial charge < -0.3 is 9.84 Å². The van der Waals surface area contributed by atoms with Crippen LogP contribution in [0.15, 0.2) is 36.4 Å². The van der Waals surface area contributed by atoms with Crippen LogP contribution in [-0.2, 0) is 4.79 Å². The predicted octanol–water partition coefficient (Wildman–Crippen LogP) is 7.14. The Hall–Kier alpha value is -2.59. The van der Waals surface area contributed by atoms with E-state index < -0.39 is 18.5 Å². The van der Waals surface area contributed by atoms with Crippen molar-refractivity contribution in [2.24, 2.45) is 11.3 Å². The summed E-state index contributed by atoms with van der Waals surface area (Å²) >= 11 is 2.90. The number of amides is 2. The lowest BCUT2D eigenvalue weighted by Gasteiger charge is -2.24. The first-order valence-corrected chi connectivity index (χ1v) is 11.4. The van der Waals surface area contributed by atoms with E-state index in [1.54, 1.807) is 12.1 Å². The second-order valence-corrected chi connectivity index (χ2v) is 10.9. The molecule has 0 aliphatic carbocycles. The van der Waals surface area contributed by atoms with Gasteiger partial charge in [-0.05, 0) is 53.8 Å². The molecule has 1 aliphatic heterocycles. The molecule has 1 fully saturated rings. The first-order chi connectivity index (χ1) is 14.8. The molecule has 0 spiro atoms. The van der Waals surface area contributed by atoms with Crippen LogP contribution in [0.3, 0.4) is 0 Å². The van der Waals surface area contributed by atoms with Crippen molar-refractivity contribution in [3.8, 4) is 16.2 Å². The van der Waals surface area contributed by atoms with Gasteiger partial charge in [-0.3, -0.25) is 4.79 Å². The van der Waals surface area contributed by atoms with Crippen LogP contribution in [0.1, 0.15) is 38.1 Å². The van der Waals surface area contributed by atoms with Crippen LogP contribution in [-0.4, -0.2) is 28.4 Å². The van der Waals surface area contributed by atoms with E-state index in [9.17, 15) is 27.9 Å². The molecule has 4 rings (SSSR count). The SMILES string of the molecule is CC(C)(C)C1CC(c2cc3sc(-c4ccc(OC(F)(F)F)cc4)cc3s2)N(C(=O)O)C1=O. The molecule has 0 radical (unpaired) electrons. The second-order valence-electron chi connectivity index (χ2n) is 8.72. The van der Waals surface area contributed by atoms with Crippen LogP contribution in [0.2, 0.25) is 0 Å². The van der Waals surface area contributed by atoms with Gasteiger partial charge in [0.15, 0.2) is 0 Å². The summed E-state index contributed by atoms with van der Waals surface area (Å²) in [6.45, 7) is 5.80. The second kappa shape index (κ2) is 7.77. The Morgan fingerprint density at radius 2 is 1.72 bits per heavy atom. The molecule has 1 N–H and O–H groups in total. The molecular weight excluding hydrogens is 463 g/mol. The molecule has 1 aromatic carbocycles. The van der Waals surface area contributed by atoms with Crippen molar-refractivity contribution in [2.75, 3.05) is 0 Å². The van der Waals surface area contributed by atoms with E-state index in [-0.39, 0.29) is 23.0 Å². The van der Waals surface area contributed by atoms with Crippen LogP contribution in [0, 0.1) is 11.3 Å². The maximum Gasteiger partial charge on any atom is 0.573 e. The molecule has 2 aromatic heterocycles. The molecule has 2 atom stereocenters. The molecule has 1 aliphatic rings. The number of rotatable bonds is 3. The van der Waals surface area contributed by atoms with Gasteiger partial charge in [0, 0.05) is 25.1 Å². The molecule has 0 bridgehead atoms. The van der Waals surface area contributed by atoms with Gasteiger partial charge >= 0.3 is 12.5 Å². The van der Waals surface area contributed by atoms with Crippen molar-refractivity contribution in [1.82, 2.24) is 4.90 Å². The van der Waals surface area contributed by atoms with E-state index in [0.29, 0.717) is 6.42 Å². The van der Waals surface area contributed by atoms with Crippen LogP contribution in [0.25, 0.3) is 19.8 Å². The highest BCUT2D eigenvalue weighted by molar-refractivity contribution is 7.29. The highest BCUT2D eigenvalue weighted by Crippen LogP contribution is 2.48. The van der Waals surface area contributed by atoms with Gasteiger partial charge in [0.25, 0.3) is 0 Å². The average Bonchev–Trinajstić information content (AvgIpc) is 3.31. The fourth-order valence-corrected chi connectivity index (χ4v) is 6.44. The molecule has 5 nitrogen and oxygen atoms in total. The number of hydrogen-bond acceptors (Lipinski definition) is 5. The summed E-state index contributed by atoms with van der Waals surface area (Å²) in [4.78, 5) is 27.2. The van der Waals surface area contributed by atoms with Crippen LogP contribution < -0.4 is 4.74 Å². The Kier molecular flexibility index (Phi) is 5.49. The quantitative estimate of drug-likeness (QED) is 0.430. The summed E-state index contributed by atoms with van der Waals surface area (Å²) in [5.74, 6) is -1.03. The number of fused-ring (bicyclic) bond motifs is 1. The summed E-state index contributed by atoms with van der Waals surface area (Å²) in [5, 5.41) is 9.64. The van der Waals surface area contributed by atoms with Gasteiger partial charge in [-0.15, -0.1) is 35.8 Å². The smallest absolute Gasteiger partial charge is 0.465 e. The number of hydrogen-bond donors (Lipinski definition) is 1. The van der Waals surface area contributed by atoms with Crippen molar-refractivity contribution >= 4 is 44.1 Å². The fourth-order valence-electron chi connectivity index (χ4n) is 3.93. The number of carboxylic acid groups (broad SMARTS) is 1. The summed E-state index contributed by atoms with van der Waals surface area (Å²) in [6, 6.07) is 8.98. The molecule has 10 heteroatoms. The molecule has 2 unspecified atom stereocenters.